The monoisotopic (exact) mass is 284 g/mol. The molecule has 2 atom stereocenters. The fourth-order valence-corrected chi connectivity index (χ4v) is 2.51. The average Bonchev–Trinajstić information content (AvgIpc) is 2.47. The van der Waals surface area contributed by atoms with E-state index in [0.29, 0.717) is 39.1 Å². The summed E-state index contributed by atoms with van der Waals surface area (Å²) in [5.74, 6) is -0.471. The Balaban J connectivity index is 1.86. The summed E-state index contributed by atoms with van der Waals surface area (Å²) in [7, 11) is 1.33. The van der Waals surface area contributed by atoms with Gasteiger partial charge in [0.1, 0.15) is 0 Å². The number of hydrogen-bond donors (Lipinski definition) is 1. The lowest BCUT2D eigenvalue weighted by molar-refractivity contribution is -0.152. The van der Waals surface area contributed by atoms with E-state index in [2.05, 4.69) is 10.1 Å². The Kier molecular flexibility index (Phi) is 4.94. The molecule has 0 aromatic carbocycles. The van der Waals surface area contributed by atoms with Gasteiger partial charge >= 0.3 is 5.97 Å². The van der Waals surface area contributed by atoms with Crippen molar-refractivity contribution < 1.29 is 23.9 Å². The van der Waals surface area contributed by atoms with Crippen LogP contribution in [0.2, 0.25) is 0 Å². The normalized spacial score (nSPS) is 26.9. The Bertz CT molecular complexity index is 388. The molecular formula is C13H20N2O5. The van der Waals surface area contributed by atoms with Gasteiger partial charge in [0, 0.05) is 26.1 Å². The van der Waals surface area contributed by atoms with E-state index < -0.39 is 0 Å². The third-order valence-corrected chi connectivity index (χ3v) is 3.69. The fourth-order valence-electron chi connectivity index (χ4n) is 2.51. The van der Waals surface area contributed by atoms with Crippen molar-refractivity contribution >= 4 is 17.8 Å². The Morgan fingerprint density at radius 1 is 1.50 bits per heavy atom. The van der Waals surface area contributed by atoms with E-state index in [4.69, 9.17) is 4.74 Å². The number of morpholine rings is 1. The molecule has 2 aliphatic rings. The fraction of sp³-hybridized carbons (Fsp3) is 0.769. The van der Waals surface area contributed by atoms with Gasteiger partial charge < -0.3 is 19.7 Å². The van der Waals surface area contributed by atoms with Crippen molar-refractivity contribution in [2.24, 2.45) is 5.92 Å². The summed E-state index contributed by atoms with van der Waals surface area (Å²) in [5, 5.41) is 2.71. The maximum atomic E-state index is 12.4. The zero-order valence-corrected chi connectivity index (χ0v) is 11.6. The number of piperidine rings is 1. The van der Waals surface area contributed by atoms with E-state index in [-0.39, 0.29) is 36.2 Å². The molecular weight excluding hydrogens is 264 g/mol. The molecule has 2 saturated heterocycles. The second-order valence-corrected chi connectivity index (χ2v) is 5.10. The third kappa shape index (κ3) is 3.69. The van der Waals surface area contributed by atoms with Crippen molar-refractivity contribution in [2.75, 3.05) is 33.4 Å². The van der Waals surface area contributed by atoms with Crippen molar-refractivity contribution in [3.05, 3.63) is 0 Å². The molecule has 7 nitrogen and oxygen atoms in total. The van der Waals surface area contributed by atoms with Gasteiger partial charge in [0.15, 0.2) is 0 Å². The quantitative estimate of drug-likeness (QED) is 0.693. The smallest absolute Gasteiger partial charge is 0.308 e. The molecule has 2 unspecified atom stereocenters. The lowest BCUT2D eigenvalue weighted by atomic mass is 9.97. The van der Waals surface area contributed by atoms with Crippen LogP contribution >= 0.6 is 0 Å². The van der Waals surface area contributed by atoms with E-state index in [1.165, 1.54) is 7.11 Å². The highest BCUT2D eigenvalue weighted by Crippen LogP contribution is 2.17. The standard InChI is InChI=1S/C13H20N2O5/c1-19-12(17)6-10-8-15(4-5-20-10)13(18)9-2-3-11(16)14-7-9/h9-10H,2-8H2,1H3,(H,14,16). The van der Waals surface area contributed by atoms with Gasteiger partial charge in [-0.05, 0) is 6.42 Å². The van der Waals surface area contributed by atoms with Crippen LogP contribution in [0.1, 0.15) is 19.3 Å². The highest BCUT2D eigenvalue weighted by molar-refractivity contribution is 5.84. The lowest BCUT2D eigenvalue weighted by Crippen LogP contribution is -2.51. The van der Waals surface area contributed by atoms with Crippen LogP contribution in [-0.2, 0) is 23.9 Å². The molecule has 0 aromatic heterocycles. The topological polar surface area (TPSA) is 84.9 Å². The van der Waals surface area contributed by atoms with Crippen molar-refractivity contribution in [3.8, 4) is 0 Å². The van der Waals surface area contributed by atoms with E-state index >= 15 is 0 Å². The molecule has 2 amide bonds. The minimum Gasteiger partial charge on any atom is -0.469 e. The highest BCUT2D eigenvalue weighted by atomic mass is 16.5. The van der Waals surface area contributed by atoms with Gasteiger partial charge in [-0.15, -0.1) is 0 Å². The van der Waals surface area contributed by atoms with E-state index in [0.717, 1.165) is 0 Å². The molecule has 2 aliphatic heterocycles. The van der Waals surface area contributed by atoms with Crippen LogP contribution in [-0.4, -0.2) is 62.1 Å². The van der Waals surface area contributed by atoms with E-state index in [1.807, 2.05) is 0 Å². The molecule has 2 rings (SSSR count). The molecule has 0 aliphatic carbocycles. The lowest BCUT2D eigenvalue weighted by Gasteiger charge is -2.35. The van der Waals surface area contributed by atoms with Gasteiger partial charge in [0.25, 0.3) is 0 Å². The Labute approximate surface area is 117 Å². The van der Waals surface area contributed by atoms with Gasteiger partial charge in [0.05, 0.1) is 32.2 Å². The van der Waals surface area contributed by atoms with E-state index in [1.54, 1.807) is 4.90 Å². The summed E-state index contributed by atoms with van der Waals surface area (Å²) >= 11 is 0. The molecule has 2 heterocycles. The number of rotatable bonds is 3. The third-order valence-electron chi connectivity index (χ3n) is 3.69. The number of hydrogen-bond acceptors (Lipinski definition) is 5. The number of amides is 2. The van der Waals surface area contributed by atoms with Gasteiger partial charge in [0.2, 0.25) is 11.8 Å². The zero-order valence-electron chi connectivity index (χ0n) is 11.6. The molecule has 0 aromatic rings. The van der Waals surface area contributed by atoms with Crippen molar-refractivity contribution in [2.45, 2.75) is 25.4 Å². The SMILES string of the molecule is COC(=O)CC1CN(C(=O)C2CCC(=O)NC2)CCO1. The van der Waals surface area contributed by atoms with Crippen LogP contribution in [0.25, 0.3) is 0 Å². The van der Waals surface area contributed by atoms with Gasteiger partial charge in [-0.25, -0.2) is 0 Å². The predicted octanol–water partition coefficient (Wildman–Crippen LogP) is -0.697. The van der Waals surface area contributed by atoms with Crippen molar-refractivity contribution in [1.82, 2.24) is 10.2 Å². The maximum Gasteiger partial charge on any atom is 0.308 e. The predicted molar refractivity (Wildman–Crippen MR) is 68.7 cm³/mol. The number of ether oxygens (including phenoxy) is 2. The Hall–Kier alpha value is -1.63. The van der Waals surface area contributed by atoms with Crippen LogP contribution in [0.5, 0.6) is 0 Å². The zero-order chi connectivity index (χ0) is 14.5. The molecule has 112 valence electrons. The van der Waals surface area contributed by atoms with Gasteiger partial charge in [-0.1, -0.05) is 0 Å². The van der Waals surface area contributed by atoms with Crippen LogP contribution in [0.15, 0.2) is 0 Å². The number of carbonyl (C=O) groups is 3. The Morgan fingerprint density at radius 3 is 2.95 bits per heavy atom. The molecule has 0 spiro atoms. The summed E-state index contributed by atoms with van der Waals surface area (Å²) < 4.78 is 10.1. The Morgan fingerprint density at radius 2 is 2.30 bits per heavy atom. The summed E-state index contributed by atoms with van der Waals surface area (Å²) in [4.78, 5) is 36.4. The number of methoxy groups -OCH3 is 1. The number of carbonyl (C=O) groups excluding carboxylic acids is 3. The minimum atomic E-state index is -0.339. The van der Waals surface area contributed by atoms with Gasteiger partial charge in [-0.3, -0.25) is 14.4 Å². The molecule has 0 bridgehead atoms. The number of nitrogens with zero attached hydrogens (tertiary/aromatic N) is 1. The van der Waals surface area contributed by atoms with Crippen LogP contribution in [0.4, 0.5) is 0 Å². The second-order valence-electron chi connectivity index (χ2n) is 5.10. The summed E-state index contributed by atoms with van der Waals surface area (Å²) in [6, 6.07) is 0. The average molecular weight is 284 g/mol. The summed E-state index contributed by atoms with van der Waals surface area (Å²) in [6.07, 6.45) is 0.830. The van der Waals surface area contributed by atoms with Gasteiger partial charge in [-0.2, -0.15) is 0 Å². The second kappa shape index (κ2) is 6.69. The molecule has 20 heavy (non-hydrogen) atoms. The highest BCUT2D eigenvalue weighted by Gasteiger charge is 2.32. The van der Waals surface area contributed by atoms with Crippen LogP contribution < -0.4 is 5.32 Å². The molecule has 7 heteroatoms. The van der Waals surface area contributed by atoms with Crippen LogP contribution in [0.3, 0.4) is 0 Å². The molecule has 2 fully saturated rings. The minimum absolute atomic E-state index is 0.000375. The molecule has 0 radical (unpaired) electrons. The summed E-state index contributed by atoms with van der Waals surface area (Å²) in [6.45, 7) is 1.75. The first-order valence-corrected chi connectivity index (χ1v) is 6.84. The summed E-state index contributed by atoms with van der Waals surface area (Å²) in [5.41, 5.74) is 0. The first-order chi connectivity index (χ1) is 9.60. The number of nitrogens with one attached hydrogen (secondary N) is 1. The first-order valence-electron chi connectivity index (χ1n) is 6.84. The molecule has 0 saturated carbocycles. The maximum absolute atomic E-state index is 12.4. The number of esters is 1. The first kappa shape index (κ1) is 14.8. The van der Waals surface area contributed by atoms with Crippen molar-refractivity contribution in [1.29, 1.82) is 0 Å². The molecule has 1 N–H and O–H groups in total. The largest absolute Gasteiger partial charge is 0.469 e. The van der Waals surface area contributed by atoms with Crippen LogP contribution in [0, 0.1) is 5.92 Å². The van der Waals surface area contributed by atoms with Crippen molar-refractivity contribution in [3.63, 3.8) is 0 Å². The van der Waals surface area contributed by atoms with E-state index in [9.17, 15) is 14.4 Å².